The second-order valence-corrected chi connectivity index (χ2v) is 3.96. The highest BCUT2D eigenvalue weighted by Gasteiger charge is 2.31. The fraction of sp³-hybridized carbons (Fsp3) is 0.154. The summed E-state index contributed by atoms with van der Waals surface area (Å²) in [6, 6.07) is 2.69. The molecule has 0 fully saturated rings. The van der Waals surface area contributed by atoms with Crippen molar-refractivity contribution in [2.24, 2.45) is 0 Å². The van der Waals surface area contributed by atoms with Crippen molar-refractivity contribution >= 4 is 6.29 Å². The van der Waals surface area contributed by atoms with E-state index in [1.807, 2.05) is 5.92 Å². The van der Waals surface area contributed by atoms with Crippen LogP contribution in [0.2, 0.25) is 0 Å². The van der Waals surface area contributed by atoms with Gasteiger partial charge in [0.2, 0.25) is 0 Å². The quantitative estimate of drug-likeness (QED) is 0.660. The molecule has 1 aromatic heterocycles. The van der Waals surface area contributed by atoms with Crippen molar-refractivity contribution in [2.45, 2.75) is 12.1 Å². The molecular weight excluding hydrogens is 268 g/mol. The van der Waals surface area contributed by atoms with Gasteiger partial charge in [-0.2, -0.15) is 5.10 Å². The minimum absolute atomic E-state index is 0.247. The molecule has 2 rings (SSSR count). The largest absolute Gasteiger partial charge is 0.371 e. The molecule has 0 spiro atoms. The zero-order valence-electron chi connectivity index (χ0n) is 10.1. The maximum absolute atomic E-state index is 13.8. The van der Waals surface area contributed by atoms with Crippen LogP contribution in [0, 0.1) is 23.5 Å². The van der Waals surface area contributed by atoms with Gasteiger partial charge in [-0.25, -0.2) is 18.4 Å². The first-order chi connectivity index (χ1) is 9.55. The van der Waals surface area contributed by atoms with Crippen LogP contribution < -0.4 is 0 Å². The Morgan fingerprint density at radius 3 is 2.85 bits per heavy atom. The van der Waals surface area contributed by atoms with Crippen molar-refractivity contribution in [2.75, 3.05) is 0 Å². The van der Waals surface area contributed by atoms with E-state index in [1.54, 1.807) is 0 Å². The lowest BCUT2D eigenvalue weighted by atomic mass is 9.93. The van der Waals surface area contributed by atoms with Gasteiger partial charge in [-0.05, 0) is 18.1 Å². The first kappa shape index (κ1) is 13.8. The van der Waals surface area contributed by atoms with Crippen LogP contribution in [-0.2, 0) is 16.9 Å². The number of benzene rings is 1. The first-order valence-corrected chi connectivity index (χ1v) is 5.52. The summed E-state index contributed by atoms with van der Waals surface area (Å²) >= 11 is 0. The molecule has 1 unspecified atom stereocenters. The fourth-order valence-corrected chi connectivity index (χ4v) is 1.71. The number of aromatic nitrogens is 3. The van der Waals surface area contributed by atoms with E-state index in [4.69, 9.17) is 0 Å². The Labute approximate surface area is 112 Å². The average Bonchev–Trinajstić information content (AvgIpc) is 2.88. The van der Waals surface area contributed by atoms with E-state index < -0.39 is 17.2 Å². The predicted molar refractivity (Wildman–Crippen MR) is 64.1 cm³/mol. The number of aldehydes is 1. The lowest BCUT2D eigenvalue weighted by Crippen LogP contribution is -2.31. The van der Waals surface area contributed by atoms with E-state index in [9.17, 15) is 18.7 Å². The maximum atomic E-state index is 13.8. The van der Waals surface area contributed by atoms with Gasteiger partial charge in [0.1, 0.15) is 24.3 Å². The second kappa shape index (κ2) is 5.59. The number of carbonyl (C=O) groups excluding carboxylic acids is 1. The molecule has 0 radical (unpaired) electrons. The van der Waals surface area contributed by atoms with Gasteiger partial charge in [0.05, 0.1) is 6.54 Å². The third-order valence-electron chi connectivity index (χ3n) is 2.57. The van der Waals surface area contributed by atoms with Gasteiger partial charge in [0, 0.05) is 11.6 Å². The van der Waals surface area contributed by atoms with E-state index in [0.29, 0.717) is 6.07 Å². The zero-order chi connectivity index (χ0) is 14.6. The maximum Gasteiger partial charge on any atom is 0.192 e. The minimum atomic E-state index is -2.02. The summed E-state index contributed by atoms with van der Waals surface area (Å²) in [6.07, 6.45) is 2.80. The zero-order valence-corrected chi connectivity index (χ0v) is 10.1. The van der Waals surface area contributed by atoms with Gasteiger partial charge < -0.3 is 5.11 Å². The molecule has 1 heterocycles. The molecule has 0 saturated carbocycles. The van der Waals surface area contributed by atoms with Crippen LogP contribution in [0.25, 0.3) is 0 Å². The standard InChI is InChI=1S/C13H9F2N3O2/c14-10-2-3-11(12(15)6-10)13(20,4-1-5-19)7-18-9-16-8-17-18/h2-3,5-6,8-9,20H,7H2. The molecule has 7 heteroatoms. The van der Waals surface area contributed by atoms with E-state index in [-0.39, 0.29) is 18.4 Å². The molecule has 1 aromatic carbocycles. The molecule has 5 nitrogen and oxygen atoms in total. The number of hydrogen-bond donors (Lipinski definition) is 1. The smallest absolute Gasteiger partial charge is 0.192 e. The Balaban J connectivity index is 2.48. The summed E-state index contributed by atoms with van der Waals surface area (Å²) in [6.45, 7) is -0.254. The predicted octanol–water partition coefficient (Wildman–Crippen LogP) is 0.646. The average molecular weight is 277 g/mol. The third-order valence-corrected chi connectivity index (χ3v) is 2.57. The van der Waals surface area contributed by atoms with Gasteiger partial charge in [-0.3, -0.25) is 4.79 Å². The molecule has 1 N–H and O–H groups in total. The highest BCUT2D eigenvalue weighted by molar-refractivity contribution is 5.73. The molecule has 1 atom stereocenters. The second-order valence-electron chi connectivity index (χ2n) is 3.96. The molecule has 0 amide bonds. The SMILES string of the molecule is O=CC#CC(O)(Cn1cncn1)c1ccc(F)cc1F. The summed E-state index contributed by atoms with van der Waals surface area (Å²) in [7, 11) is 0. The van der Waals surface area contributed by atoms with E-state index in [1.165, 1.54) is 17.3 Å². The van der Waals surface area contributed by atoms with Gasteiger partial charge in [-0.15, -0.1) is 0 Å². The van der Waals surface area contributed by atoms with Crippen LogP contribution in [0.15, 0.2) is 30.9 Å². The van der Waals surface area contributed by atoms with Crippen LogP contribution in [0.3, 0.4) is 0 Å². The molecule has 0 aliphatic carbocycles. The van der Waals surface area contributed by atoms with Gasteiger partial charge in [0.15, 0.2) is 11.9 Å². The normalized spacial score (nSPS) is 13.2. The van der Waals surface area contributed by atoms with Gasteiger partial charge in [-0.1, -0.05) is 5.92 Å². The van der Waals surface area contributed by atoms with Crippen LogP contribution in [0.5, 0.6) is 0 Å². The molecule has 2 aromatic rings. The Bertz CT molecular complexity index is 677. The summed E-state index contributed by atoms with van der Waals surface area (Å²) in [5, 5.41) is 14.2. The summed E-state index contributed by atoms with van der Waals surface area (Å²) < 4.78 is 27.9. The number of halogens is 2. The van der Waals surface area contributed by atoms with Crippen molar-refractivity contribution in [3.05, 3.63) is 48.1 Å². The van der Waals surface area contributed by atoms with Crippen LogP contribution in [-0.4, -0.2) is 26.2 Å². The Morgan fingerprint density at radius 1 is 1.45 bits per heavy atom. The van der Waals surface area contributed by atoms with Gasteiger partial charge in [0.25, 0.3) is 0 Å². The van der Waals surface area contributed by atoms with Crippen molar-refractivity contribution in [1.82, 2.24) is 14.8 Å². The topological polar surface area (TPSA) is 68.0 Å². The molecule has 0 aliphatic rings. The molecule has 102 valence electrons. The van der Waals surface area contributed by atoms with Crippen molar-refractivity contribution in [1.29, 1.82) is 0 Å². The highest BCUT2D eigenvalue weighted by atomic mass is 19.1. The summed E-state index contributed by atoms with van der Waals surface area (Å²) in [5.74, 6) is 2.54. The number of aliphatic hydroxyl groups is 1. The third kappa shape index (κ3) is 2.87. The lowest BCUT2D eigenvalue weighted by Gasteiger charge is -2.23. The molecule has 0 bridgehead atoms. The van der Waals surface area contributed by atoms with Crippen molar-refractivity contribution in [3.63, 3.8) is 0 Å². The molecule has 0 aliphatic heterocycles. The Morgan fingerprint density at radius 2 is 2.25 bits per heavy atom. The fourth-order valence-electron chi connectivity index (χ4n) is 1.71. The first-order valence-electron chi connectivity index (χ1n) is 5.52. The molecule has 0 saturated heterocycles. The number of hydrogen-bond acceptors (Lipinski definition) is 4. The van der Waals surface area contributed by atoms with E-state index in [0.717, 1.165) is 12.1 Å². The molecule has 20 heavy (non-hydrogen) atoms. The number of rotatable bonds is 3. The van der Waals surface area contributed by atoms with Crippen LogP contribution >= 0.6 is 0 Å². The van der Waals surface area contributed by atoms with Crippen LogP contribution in [0.1, 0.15) is 5.56 Å². The monoisotopic (exact) mass is 277 g/mol. The number of carbonyl (C=O) groups is 1. The Hall–Kier alpha value is -2.59. The van der Waals surface area contributed by atoms with Crippen molar-refractivity contribution < 1.29 is 18.7 Å². The van der Waals surface area contributed by atoms with E-state index in [2.05, 4.69) is 16.0 Å². The van der Waals surface area contributed by atoms with Crippen LogP contribution in [0.4, 0.5) is 8.78 Å². The lowest BCUT2D eigenvalue weighted by molar-refractivity contribution is -0.103. The van der Waals surface area contributed by atoms with Gasteiger partial charge >= 0.3 is 0 Å². The summed E-state index contributed by atoms with van der Waals surface area (Å²) in [4.78, 5) is 14.0. The minimum Gasteiger partial charge on any atom is -0.371 e. The molecular formula is C13H9F2N3O2. The van der Waals surface area contributed by atoms with E-state index >= 15 is 0 Å². The highest BCUT2D eigenvalue weighted by Crippen LogP contribution is 2.25. The summed E-state index contributed by atoms with van der Waals surface area (Å²) in [5.41, 5.74) is -2.27. The van der Waals surface area contributed by atoms with Crippen molar-refractivity contribution in [3.8, 4) is 11.8 Å². The number of nitrogens with zero attached hydrogens (tertiary/aromatic N) is 3. The Kier molecular flexibility index (Phi) is 3.86.